The lowest BCUT2D eigenvalue weighted by molar-refractivity contribution is -0.150. The summed E-state index contributed by atoms with van der Waals surface area (Å²) >= 11 is 6.42. The number of hydroxylamine groups is 1. The van der Waals surface area contributed by atoms with Crippen LogP contribution in [0.2, 0.25) is 5.02 Å². The van der Waals surface area contributed by atoms with E-state index in [2.05, 4.69) is 26.2 Å². The summed E-state index contributed by atoms with van der Waals surface area (Å²) < 4.78 is 2.08. The number of amides is 1. The molecule has 0 bridgehead atoms. The number of carbonyl (C=O) groups excluding carboxylic acids is 1. The van der Waals surface area contributed by atoms with E-state index >= 15 is 0 Å². The molecule has 1 fully saturated rings. The number of carbonyl (C=O) groups is 1. The largest absolute Gasteiger partial charge is 0.382 e. The zero-order chi connectivity index (χ0) is 24.0. The number of nitrogen functional groups attached to an aromatic ring is 1. The van der Waals surface area contributed by atoms with Crippen molar-refractivity contribution in [2.45, 2.75) is 70.4 Å². The number of benzene rings is 1. The highest BCUT2D eigenvalue weighted by Gasteiger charge is 2.33. The molecule has 5 rings (SSSR count). The second kappa shape index (κ2) is 8.74. The molecular weight excluding hydrogens is 452 g/mol. The maximum absolute atomic E-state index is 12.6. The summed E-state index contributed by atoms with van der Waals surface area (Å²) in [6, 6.07) is 5.93. The summed E-state index contributed by atoms with van der Waals surface area (Å²) in [5, 5.41) is 4.25. The predicted molar refractivity (Wildman–Crippen MR) is 133 cm³/mol. The van der Waals surface area contributed by atoms with Gasteiger partial charge in [-0.1, -0.05) is 23.7 Å². The standard InChI is InChI=1S/C25H31ClN6O2/c1-25(2,3)34-31-24(33)15-9-7-14(8-10-15)23-30-20(21-22(27)28-11-12-32(21)23)18-13-16-5-4-6-17(26)19(16)29-18/h4-6,11-12,14-15,18,29H,7-10,13H2,1-3H3,(H2,27,28)(H,31,33)/t14-,15-,18?. The van der Waals surface area contributed by atoms with Crippen LogP contribution in [0.1, 0.15) is 75.5 Å². The van der Waals surface area contributed by atoms with Crippen molar-refractivity contribution in [3.05, 3.63) is 52.7 Å². The number of hydrogen-bond donors (Lipinski definition) is 3. The molecule has 1 amide bonds. The van der Waals surface area contributed by atoms with Crippen LogP contribution < -0.4 is 16.5 Å². The fourth-order valence-electron chi connectivity index (χ4n) is 5.06. The number of imidazole rings is 1. The van der Waals surface area contributed by atoms with E-state index in [4.69, 9.17) is 27.2 Å². The molecule has 4 N–H and O–H groups in total. The van der Waals surface area contributed by atoms with Crippen molar-refractivity contribution in [1.29, 1.82) is 0 Å². The summed E-state index contributed by atoms with van der Waals surface area (Å²) in [4.78, 5) is 27.5. The molecule has 3 aromatic rings. The summed E-state index contributed by atoms with van der Waals surface area (Å²) in [5.74, 6) is 1.59. The Hall–Kier alpha value is -2.84. The fraction of sp³-hybridized carbons (Fsp3) is 0.480. The number of anilines is 2. The van der Waals surface area contributed by atoms with E-state index < -0.39 is 5.60 Å². The molecule has 1 aliphatic carbocycles. The van der Waals surface area contributed by atoms with Crippen molar-refractivity contribution in [2.24, 2.45) is 5.92 Å². The second-order valence-corrected chi connectivity index (χ2v) is 10.7. The first-order chi connectivity index (χ1) is 16.2. The highest BCUT2D eigenvalue weighted by Crippen LogP contribution is 2.42. The molecule has 1 aromatic carbocycles. The summed E-state index contributed by atoms with van der Waals surface area (Å²) in [5.41, 5.74) is 12.4. The Morgan fingerprint density at radius 1 is 1.26 bits per heavy atom. The smallest absolute Gasteiger partial charge is 0.246 e. The molecular formula is C25H31ClN6O2. The first-order valence-corrected chi connectivity index (χ1v) is 12.2. The highest BCUT2D eigenvalue weighted by molar-refractivity contribution is 6.33. The molecule has 0 radical (unpaired) electrons. The van der Waals surface area contributed by atoms with Crippen LogP contribution in [-0.4, -0.2) is 25.9 Å². The van der Waals surface area contributed by atoms with Crippen LogP contribution in [0.25, 0.3) is 5.52 Å². The van der Waals surface area contributed by atoms with Gasteiger partial charge in [0, 0.05) is 30.7 Å². The fourth-order valence-corrected chi connectivity index (χ4v) is 5.31. The average Bonchev–Trinajstić information content (AvgIpc) is 3.40. The van der Waals surface area contributed by atoms with Crippen molar-refractivity contribution in [3.8, 4) is 0 Å². The molecule has 2 aromatic heterocycles. The molecule has 2 aliphatic rings. The van der Waals surface area contributed by atoms with Crippen molar-refractivity contribution in [2.75, 3.05) is 11.1 Å². The van der Waals surface area contributed by atoms with Crippen molar-refractivity contribution in [1.82, 2.24) is 19.8 Å². The van der Waals surface area contributed by atoms with Gasteiger partial charge in [0.15, 0.2) is 0 Å². The molecule has 0 saturated heterocycles. The number of hydrogen-bond acceptors (Lipinski definition) is 6. The van der Waals surface area contributed by atoms with Crippen molar-refractivity contribution in [3.63, 3.8) is 0 Å². The third kappa shape index (κ3) is 4.32. The van der Waals surface area contributed by atoms with Gasteiger partial charge < -0.3 is 11.1 Å². The maximum Gasteiger partial charge on any atom is 0.246 e. The molecule has 1 aliphatic heterocycles. The lowest BCUT2D eigenvalue weighted by atomic mass is 9.81. The average molecular weight is 483 g/mol. The van der Waals surface area contributed by atoms with Crippen molar-refractivity contribution >= 4 is 34.5 Å². The first-order valence-electron chi connectivity index (χ1n) is 11.9. The Bertz CT molecular complexity index is 1230. The van der Waals surface area contributed by atoms with Crippen LogP contribution in [-0.2, 0) is 16.1 Å². The molecule has 34 heavy (non-hydrogen) atoms. The number of rotatable bonds is 4. The van der Waals surface area contributed by atoms with E-state index in [1.54, 1.807) is 6.20 Å². The Kier molecular flexibility index (Phi) is 5.90. The normalized spacial score (nSPS) is 22.4. The number of fused-ring (bicyclic) bond motifs is 2. The number of nitrogens with one attached hydrogen (secondary N) is 2. The minimum absolute atomic E-state index is 0.0261. The summed E-state index contributed by atoms with van der Waals surface area (Å²) in [6.45, 7) is 5.74. The van der Waals surface area contributed by atoms with Crippen LogP contribution in [0.15, 0.2) is 30.6 Å². The van der Waals surface area contributed by atoms with Gasteiger partial charge in [0.25, 0.3) is 0 Å². The predicted octanol–water partition coefficient (Wildman–Crippen LogP) is 4.79. The van der Waals surface area contributed by atoms with E-state index in [1.807, 2.05) is 39.1 Å². The Morgan fingerprint density at radius 3 is 2.74 bits per heavy atom. The van der Waals surface area contributed by atoms with Gasteiger partial charge in [-0.3, -0.25) is 14.0 Å². The SMILES string of the molecule is CC(C)(C)ONC(=O)[C@H]1CC[C@H](c2nc(C3Cc4cccc(Cl)c4N3)c3c(N)nccn32)CC1. The third-order valence-electron chi connectivity index (χ3n) is 6.73. The Morgan fingerprint density at radius 2 is 2.03 bits per heavy atom. The Balaban J connectivity index is 1.37. The minimum Gasteiger partial charge on any atom is -0.382 e. The lowest BCUT2D eigenvalue weighted by Gasteiger charge is -2.28. The van der Waals surface area contributed by atoms with Gasteiger partial charge in [0.05, 0.1) is 28.0 Å². The van der Waals surface area contributed by atoms with E-state index in [1.165, 1.54) is 5.56 Å². The van der Waals surface area contributed by atoms with E-state index in [0.717, 1.165) is 54.8 Å². The summed E-state index contributed by atoms with van der Waals surface area (Å²) in [6.07, 6.45) is 7.76. The van der Waals surface area contributed by atoms with Crippen LogP contribution >= 0.6 is 11.6 Å². The van der Waals surface area contributed by atoms with Gasteiger partial charge in [-0.15, -0.1) is 0 Å². The van der Waals surface area contributed by atoms with E-state index in [0.29, 0.717) is 10.8 Å². The molecule has 1 unspecified atom stereocenters. The zero-order valence-corrected chi connectivity index (χ0v) is 20.5. The topological polar surface area (TPSA) is 107 Å². The zero-order valence-electron chi connectivity index (χ0n) is 19.8. The monoisotopic (exact) mass is 482 g/mol. The lowest BCUT2D eigenvalue weighted by Crippen LogP contribution is -2.38. The van der Waals surface area contributed by atoms with E-state index in [9.17, 15) is 4.79 Å². The first kappa shape index (κ1) is 22.9. The number of halogens is 1. The minimum atomic E-state index is -0.413. The van der Waals surface area contributed by atoms with Gasteiger partial charge >= 0.3 is 0 Å². The van der Waals surface area contributed by atoms with Gasteiger partial charge in [-0.2, -0.15) is 0 Å². The van der Waals surface area contributed by atoms with Gasteiger partial charge in [-0.25, -0.2) is 15.4 Å². The number of nitrogens with two attached hydrogens (primary N) is 1. The van der Waals surface area contributed by atoms with Crippen LogP contribution in [0.5, 0.6) is 0 Å². The Labute approximate surface area is 204 Å². The number of aromatic nitrogens is 3. The molecule has 9 heteroatoms. The number of nitrogens with zero attached hydrogens (tertiary/aromatic N) is 3. The molecule has 8 nitrogen and oxygen atoms in total. The van der Waals surface area contributed by atoms with E-state index in [-0.39, 0.29) is 23.8 Å². The molecule has 1 saturated carbocycles. The molecule has 1 atom stereocenters. The third-order valence-corrected chi connectivity index (χ3v) is 7.05. The highest BCUT2D eigenvalue weighted by atomic mass is 35.5. The van der Waals surface area contributed by atoms with Gasteiger partial charge in [0.1, 0.15) is 17.2 Å². The van der Waals surface area contributed by atoms with Crippen LogP contribution in [0.4, 0.5) is 11.5 Å². The molecule has 3 heterocycles. The van der Waals surface area contributed by atoms with Crippen molar-refractivity contribution < 1.29 is 9.63 Å². The maximum atomic E-state index is 12.6. The van der Waals surface area contributed by atoms with Crippen LogP contribution in [0, 0.1) is 5.92 Å². The van der Waals surface area contributed by atoms with Crippen LogP contribution in [0.3, 0.4) is 0 Å². The van der Waals surface area contributed by atoms with Gasteiger partial charge in [0.2, 0.25) is 5.91 Å². The molecule has 0 spiro atoms. The second-order valence-electron chi connectivity index (χ2n) is 10.3. The number of para-hydroxylation sites is 1. The summed E-state index contributed by atoms with van der Waals surface area (Å²) in [7, 11) is 0. The molecule has 180 valence electrons. The van der Waals surface area contributed by atoms with Gasteiger partial charge in [-0.05, 0) is 58.1 Å². The quantitative estimate of drug-likeness (QED) is 0.461.